The van der Waals surface area contributed by atoms with Gasteiger partial charge in [0.05, 0.1) is 18.4 Å². The molecule has 6 heteroatoms. The maximum Gasteiger partial charge on any atom is 0.289 e. The fraction of sp³-hybridized carbons (Fsp3) is 0.259. The van der Waals surface area contributed by atoms with Gasteiger partial charge in [0, 0.05) is 19.2 Å². The smallest absolute Gasteiger partial charge is 0.289 e. The molecule has 0 bridgehead atoms. The van der Waals surface area contributed by atoms with E-state index in [4.69, 9.17) is 14.3 Å². The maximum atomic E-state index is 13.3. The normalized spacial score (nSPS) is 13.2. The second-order valence-corrected chi connectivity index (χ2v) is 8.65. The predicted molar refractivity (Wildman–Crippen MR) is 126 cm³/mol. The molecule has 0 spiro atoms. The highest BCUT2D eigenvalue weighted by molar-refractivity contribution is 5.91. The lowest BCUT2D eigenvalue weighted by atomic mass is 10.1. The van der Waals surface area contributed by atoms with Crippen molar-refractivity contribution < 1.29 is 13.9 Å². The Morgan fingerprint density at radius 3 is 2.64 bits per heavy atom. The van der Waals surface area contributed by atoms with Crippen LogP contribution in [0.15, 0.2) is 77.4 Å². The van der Waals surface area contributed by atoms with Gasteiger partial charge < -0.3 is 14.1 Å². The summed E-state index contributed by atoms with van der Waals surface area (Å²) in [6, 6.07) is 21.4. The summed E-state index contributed by atoms with van der Waals surface area (Å²) in [5.74, 6) is 2.14. The van der Waals surface area contributed by atoms with Crippen molar-refractivity contribution in [3.63, 3.8) is 0 Å². The van der Waals surface area contributed by atoms with E-state index in [1.165, 1.54) is 6.26 Å². The number of rotatable bonds is 8. The van der Waals surface area contributed by atoms with Crippen LogP contribution in [-0.2, 0) is 13.6 Å². The van der Waals surface area contributed by atoms with Crippen LogP contribution in [0.4, 0.5) is 0 Å². The van der Waals surface area contributed by atoms with E-state index in [0.29, 0.717) is 30.6 Å². The summed E-state index contributed by atoms with van der Waals surface area (Å²) in [6.07, 6.45) is 3.83. The summed E-state index contributed by atoms with van der Waals surface area (Å²) in [6.45, 7) is 3.10. The number of aryl methyl sites for hydroxylation is 2. The molecular weight excluding hydrogens is 414 g/mol. The number of hydrogen-bond acceptors (Lipinski definition) is 4. The number of hydrogen-bond donors (Lipinski definition) is 0. The monoisotopic (exact) mass is 441 g/mol. The Morgan fingerprint density at radius 1 is 1.12 bits per heavy atom. The molecule has 0 unspecified atom stereocenters. The van der Waals surface area contributed by atoms with Crippen LogP contribution in [0.3, 0.4) is 0 Å². The zero-order valence-corrected chi connectivity index (χ0v) is 18.9. The molecule has 5 rings (SSSR count). The Hall–Kier alpha value is -3.80. The third-order valence-corrected chi connectivity index (χ3v) is 5.88. The van der Waals surface area contributed by atoms with Gasteiger partial charge in [-0.05, 0) is 55.5 Å². The fourth-order valence-corrected chi connectivity index (χ4v) is 4.02. The topological polar surface area (TPSA) is 60.5 Å². The van der Waals surface area contributed by atoms with Gasteiger partial charge in [0.1, 0.15) is 11.4 Å². The molecular formula is C27H27N3O3. The van der Waals surface area contributed by atoms with Gasteiger partial charge in [0.15, 0.2) is 5.76 Å². The first kappa shape index (κ1) is 21.1. The molecule has 2 heterocycles. The highest BCUT2D eigenvalue weighted by Gasteiger charge is 2.31. The van der Waals surface area contributed by atoms with Crippen molar-refractivity contribution in [1.82, 2.24) is 14.7 Å². The Bertz CT molecular complexity index is 1240. The predicted octanol–water partition coefficient (Wildman–Crippen LogP) is 5.83. The van der Waals surface area contributed by atoms with Crippen molar-refractivity contribution >= 4 is 5.91 Å². The molecule has 1 aliphatic carbocycles. The third-order valence-electron chi connectivity index (χ3n) is 5.88. The summed E-state index contributed by atoms with van der Waals surface area (Å²) in [5, 5.41) is 4.80. The highest BCUT2D eigenvalue weighted by atomic mass is 16.5. The zero-order chi connectivity index (χ0) is 22.8. The lowest BCUT2D eigenvalue weighted by molar-refractivity contribution is 0.0702. The minimum Gasteiger partial charge on any atom is -0.459 e. The van der Waals surface area contributed by atoms with Crippen molar-refractivity contribution in [3.05, 3.63) is 89.9 Å². The van der Waals surface area contributed by atoms with Crippen molar-refractivity contribution in [2.24, 2.45) is 13.0 Å². The minimum absolute atomic E-state index is 0.115. The van der Waals surface area contributed by atoms with Gasteiger partial charge in [-0.3, -0.25) is 4.79 Å². The molecule has 2 aromatic carbocycles. The van der Waals surface area contributed by atoms with Crippen molar-refractivity contribution in [2.75, 3.05) is 6.54 Å². The number of carbonyl (C=O) groups excluding carboxylic acids is 1. The number of nitrogens with zero attached hydrogens (tertiary/aromatic N) is 3. The van der Waals surface area contributed by atoms with Crippen LogP contribution >= 0.6 is 0 Å². The Morgan fingerprint density at radius 2 is 1.94 bits per heavy atom. The molecule has 1 amide bonds. The van der Waals surface area contributed by atoms with Crippen LogP contribution < -0.4 is 4.74 Å². The van der Waals surface area contributed by atoms with Crippen LogP contribution in [-0.4, -0.2) is 27.1 Å². The van der Waals surface area contributed by atoms with Crippen LogP contribution in [0.1, 0.15) is 34.5 Å². The summed E-state index contributed by atoms with van der Waals surface area (Å²) in [4.78, 5) is 15.2. The van der Waals surface area contributed by atoms with Crippen LogP contribution in [0.25, 0.3) is 11.3 Å². The molecule has 0 atom stereocenters. The van der Waals surface area contributed by atoms with E-state index in [-0.39, 0.29) is 5.91 Å². The molecule has 0 radical (unpaired) electrons. The minimum atomic E-state index is -0.115. The molecule has 33 heavy (non-hydrogen) atoms. The van der Waals surface area contributed by atoms with Gasteiger partial charge in [-0.15, -0.1) is 0 Å². The largest absolute Gasteiger partial charge is 0.459 e. The second-order valence-electron chi connectivity index (χ2n) is 8.65. The Kier molecular flexibility index (Phi) is 5.73. The molecule has 0 saturated heterocycles. The third kappa shape index (κ3) is 4.70. The number of furan rings is 1. The first-order chi connectivity index (χ1) is 16.1. The van der Waals surface area contributed by atoms with Crippen molar-refractivity contribution in [2.45, 2.75) is 26.3 Å². The van der Waals surface area contributed by atoms with E-state index in [0.717, 1.165) is 41.0 Å². The van der Waals surface area contributed by atoms with E-state index in [2.05, 4.69) is 0 Å². The SMILES string of the molecule is Cc1cccc(Oc2c(CN(CC3CC3)C(=O)c3ccco3)c(-c3ccccc3)nn2C)c1. The van der Waals surface area contributed by atoms with Gasteiger partial charge in [-0.1, -0.05) is 42.5 Å². The van der Waals surface area contributed by atoms with E-state index < -0.39 is 0 Å². The quantitative estimate of drug-likeness (QED) is 0.345. The summed E-state index contributed by atoms with van der Waals surface area (Å²) in [7, 11) is 1.88. The number of carbonyl (C=O) groups is 1. The zero-order valence-electron chi connectivity index (χ0n) is 18.9. The average Bonchev–Trinajstić information content (AvgIpc) is 3.36. The lowest BCUT2D eigenvalue weighted by Gasteiger charge is -2.22. The molecule has 4 aromatic rings. The fourth-order valence-electron chi connectivity index (χ4n) is 4.02. The summed E-state index contributed by atoms with van der Waals surface area (Å²) < 4.78 is 13.5. The number of aromatic nitrogens is 2. The molecule has 0 N–H and O–H groups in total. The Balaban J connectivity index is 1.56. The van der Waals surface area contributed by atoms with Crippen LogP contribution in [0.5, 0.6) is 11.6 Å². The first-order valence-corrected chi connectivity index (χ1v) is 11.3. The number of ether oxygens (including phenoxy) is 1. The van der Waals surface area contributed by atoms with E-state index in [1.807, 2.05) is 73.5 Å². The number of benzene rings is 2. The lowest BCUT2D eigenvalue weighted by Crippen LogP contribution is -2.32. The molecule has 2 aromatic heterocycles. The van der Waals surface area contributed by atoms with E-state index in [1.54, 1.807) is 16.8 Å². The second kappa shape index (κ2) is 8.98. The van der Waals surface area contributed by atoms with E-state index >= 15 is 0 Å². The van der Waals surface area contributed by atoms with Crippen LogP contribution in [0.2, 0.25) is 0 Å². The average molecular weight is 442 g/mol. The van der Waals surface area contributed by atoms with Gasteiger partial charge in [-0.2, -0.15) is 5.10 Å². The molecule has 1 aliphatic rings. The molecule has 168 valence electrons. The molecule has 0 aliphatic heterocycles. The van der Waals surface area contributed by atoms with Crippen molar-refractivity contribution in [3.8, 4) is 22.9 Å². The van der Waals surface area contributed by atoms with Crippen LogP contribution in [0, 0.1) is 12.8 Å². The molecule has 1 saturated carbocycles. The van der Waals surface area contributed by atoms with Gasteiger partial charge in [0.2, 0.25) is 5.88 Å². The molecule has 1 fully saturated rings. The van der Waals surface area contributed by atoms with E-state index in [9.17, 15) is 4.79 Å². The first-order valence-electron chi connectivity index (χ1n) is 11.3. The van der Waals surface area contributed by atoms with Gasteiger partial charge in [0.25, 0.3) is 5.91 Å². The maximum absolute atomic E-state index is 13.3. The Labute approximate surface area is 193 Å². The van der Waals surface area contributed by atoms with Gasteiger partial charge >= 0.3 is 0 Å². The standard InChI is InChI=1S/C27H27N3O3/c1-19-8-6-11-22(16-19)33-27-23(25(28-29(27)2)21-9-4-3-5-10-21)18-30(17-20-13-14-20)26(31)24-12-7-15-32-24/h3-12,15-16,20H,13-14,17-18H2,1-2H3. The van der Waals surface area contributed by atoms with Crippen molar-refractivity contribution in [1.29, 1.82) is 0 Å². The highest BCUT2D eigenvalue weighted by Crippen LogP contribution is 2.36. The molecule has 6 nitrogen and oxygen atoms in total. The summed E-state index contributed by atoms with van der Waals surface area (Å²) >= 11 is 0. The van der Waals surface area contributed by atoms with Gasteiger partial charge in [-0.25, -0.2) is 4.68 Å². The number of amides is 1. The summed E-state index contributed by atoms with van der Waals surface area (Å²) in [5.41, 5.74) is 3.79.